The summed E-state index contributed by atoms with van der Waals surface area (Å²) in [5.41, 5.74) is 2.16. The fourth-order valence-corrected chi connectivity index (χ4v) is 4.49. The molecule has 1 unspecified atom stereocenters. The van der Waals surface area contributed by atoms with E-state index in [9.17, 15) is 9.90 Å². The van der Waals surface area contributed by atoms with Crippen LogP contribution in [0.5, 0.6) is 5.75 Å². The van der Waals surface area contributed by atoms with Crippen molar-refractivity contribution in [2.75, 3.05) is 0 Å². The lowest BCUT2D eigenvalue weighted by Crippen LogP contribution is -2.39. The summed E-state index contributed by atoms with van der Waals surface area (Å²) in [5, 5.41) is 12.8. The number of thioether (sulfide) groups is 1. The first-order valence-electron chi connectivity index (χ1n) is 8.84. The average molecular weight is 448 g/mol. The lowest BCUT2D eigenvalue weighted by molar-refractivity contribution is -0.131. The zero-order valence-corrected chi connectivity index (χ0v) is 17.5. The van der Waals surface area contributed by atoms with Crippen LogP contribution in [-0.2, 0) is 17.9 Å². The fourth-order valence-electron chi connectivity index (χ4n) is 2.95. The van der Waals surface area contributed by atoms with Gasteiger partial charge in [0, 0.05) is 16.6 Å². The molecule has 1 aliphatic rings. The van der Waals surface area contributed by atoms with Crippen LogP contribution in [0.15, 0.2) is 64.0 Å². The molecule has 6 heteroatoms. The van der Waals surface area contributed by atoms with Crippen LogP contribution in [0.4, 0.5) is 0 Å². The first-order chi connectivity index (χ1) is 13.0. The van der Waals surface area contributed by atoms with E-state index in [0.717, 1.165) is 27.8 Å². The normalized spacial score (nSPS) is 19.0. The van der Waals surface area contributed by atoms with Crippen LogP contribution in [-0.4, -0.2) is 15.9 Å². The van der Waals surface area contributed by atoms with E-state index in [1.807, 2.05) is 48.5 Å². The SMILES string of the molecule is CCC1(NCc2cc(Br)ccc2OCc2ccccc2)CC=C(C(=O)O)S1. The molecule has 0 spiro atoms. The maximum atomic E-state index is 11.3. The maximum Gasteiger partial charge on any atom is 0.341 e. The number of hydrogen-bond acceptors (Lipinski definition) is 4. The second-order valence-electron chi connectivity index (χ2n) is 6.41. The molecule has 1 atom stereocenters. The number of nitrogens with one attached hydrogen (secondary N) is 1. The Bertz CT molecular complexity index is 841. The van der Waals surface area contributed by atoms with E-state index in [-0.39, 0.29) is 4.87 Å². The third-order valence-corrected chi connectivity index (χ3v) is 6.61. The monoisotopic (exact) mass is 447 g/mol. The first kappa shape index (κ1) is 20.0. The van der Waals surface area contributed by atoms with Gasteiger partial charge in [0.25, 0.3) is 0 Å². The first-order valence-corrected chi connectivity index (χ1v) is 10.4. The number of hydrogen-bond donors (Lipinski definition) is 2. The van der Waals surface area contributed by atoms with Crippen molar-refractivity contribution < 1.29 is 14.6 Å². The highest BCUT2D eigenvalue weighted by Gasteiger charge is 2.35. The van der Waals surface area contributed by atoms with Crippen molar-refractivity contribution in [2.45, 2.75) is 37.8 Å². The number of carbonyl (C=O) groups is 1. The van der Waals surface area contributed by atoms with Gasteiger partial charge in [0.1, 0.15) is 12.4 Å². The minimum atomic E-state index is -0.855. The molecular weight excluding hydrogens is 426 g/mol. The molecule has 2 aromatic rings. The van der Waals surface area contributed by atoms with Crippen molar-refractivity contribution in [3.63, 3.8) is 0 Å². The fraction of sp³-hybridized carbons (Fsp3) is 0.286. The van der Waals surface area contributed by atoms with E-state index in [2.05, 4.69) is 28.2 Å². The van der Waals surface area contributed by atoms with Gasteiger partial charge in [0.15, 0.2) is 0 Å². The van der Waals surface area contributed by atoms with E-state index in [1.165, 1.54) is 11.8 Å². The highest BCUT2D eigenvalue weighted by molar-refractivity contribution is 9.10. The van der Waals surface area contributed by atoms with Gasteiger partial charge in [-0.2, -0.15) is 0 Å². The summed E-state index contributed by atoms with van der Waals surface area (Å²) in [6, 6.07) is 16.0. The number of benzene rings is 2. The standard InChI is InChI=1S/C21H22BrNO3S/c1-2-21(11-10-19(27-21)20(24)25)23-13-16-12-17(22)8-9-18(16)26-14-15-6-4-3-5-7-15/h3-10,12,23H,2,11,13-14H2,1H3,(H,24,25). The molecule has 4 nitrogen and oxygen atoms in total. The Labute approximate surface area is 172 Å². The van der Waals surface area contributed by atoms with Gasteiger partial charge < -0.3 is 9.84 Å². The number of ether oxygens (including phenoxy) is 1. The van der Waals surface area contributed by atoms with E-state index in [1.54, 1.807) is 6.08 Å². The summed E-state index contributed by atoms with van der Waals surface area (Å²) in [6.45, 7) is 3.19. The molecule has 2 aromatic carbocycles. The molecular formula is C21H22BrNO3S. The molecule has 0 bridgehead atoms. The molecule has 0 saturated carbocycles. The molecule has 0 fully saturated rings. The van der Waals surface area contributed by atoms with Crippen LogP contribution in [0, 0.1) is 0 Å². The topological polar surface area (TPSA) is 58.6 Å². The molecule has 2 N–H and O–H groups in total. The minimum absolute atomic E-state index is 0.285. The average Bonchev–Trinajstić information content (AvgIpc) is 3.12. The Balaban J connectivity index is 1.69. The van der Waals surface area contributed by atoms with Crippen molar-refractivity contribution in [2.24, 2.45) is 0 Å². The molecule has 0 saturated heterocycles. The number of rotatable bonds is 8. The number of carboxylic acids is 1. The predicted octanol–water partition coefficient (Wildman–Crippen LogP) is 5.33. The van der Waals surface area contributed by atoms with Crippen LogP contribution in [0.2, 0.25) is 0 Å². The molecule has 0 radical (unpaired) electrons. The van der Waals surface area contributed by atoms with Crippen LogP contribution < -0.4 is 10.1 Å². The van der Waals surface area contributed by atoms with Gasteiger partial charge in [0.05, 0.1) is 9.78 Å². The number of carboxylic acid groups (broad SMARTS) is 1. The summed E-state index contributed by atoms with van der Waals surface area (Å²) in [6.07, 6.45) is 3.33. The second kappa shape index (κ2) is 8.95. The van der Waals surface area contributed by atoms with Gasteiger partial charge in [-0.15, -0.1) is 0 Å². The number of halogens is 1. The van der Waals surface area contributed by atoms with Gasteiger partial charge in [-0.1, -0.05) is 71.0 Å². The summed E-state index contributed by atoms with van der Waals surface area (Å²) in [4.78, 5) is 11.4. The molecule has 142 valence electrons. The van der Waals surface area contributed by atoms with Crippen molar-refractivity contribution in [1.29, 1.82) is 0 Å². The third-order valence-electron chi connectivity index (χ3n) is 4.57. The predicted molar refractivity (Wildman–Crippen MR) is 113 cm³/mol. The van der Waals surface area contributed by atoms with Crippen molar-refractivity contribution in [3.8, 4) is 5.75 Å². The van der Waals surface area contributed by atoms with Gasteiger partial charge in [-0.3, -0.25) is 5.32 Å². The zero-order valence-electron chi connectivity index (χ0n) is 15.1. The maximum absolute atomic E-state index is 11.3. The van der Waals surface area contributed by atoms with Gasteiger partial charge in [-0.05, 0) is 36.6 Å². The summed E-state index contributed by atoms with van der Waals surface area (Å²) in [5.74, 6) is -0.0262. The van der Waals surface area contributed by atoms with Crippen molar-refractivity contribution in [1.82, 2.24) is 5.32 Å². The molecule has 0 aromatic heterocycles. The minimum Gasteiger partial charge on any atom is -0.489 e. The quantitative estimate of drug-likeness (QED) is 0.572. The second-order valence-corrected chi connectivity index (χ2v) is 8.75. The van der Waals surface area contributed by atoms with Gasteiger partial charge >= 0.3 is 5.97 Å². The summed E-state index contributed by atoms with van der Waals surface area (Å²) >= 11 is 4.93. The highest BCUT2D eigenvalue weighted by Crippen LogP contribution is 2.43. The lowest BCUT2D eigenvalue weighted by Gasteiger charge is -2.29. The Morgan fingerprint density at radius 2 is 2.07 bits per heavy atom. The van der Waals surface area contributed by atoms with Crippen LogP contribution in [0.25, 0.3) is 0 Å². The molecule has 3 rings (SSSR count). The summed E-state index contributed by atoms with van der Waals surface area (Å²) < 4.78 is 7.03. The van der Waals surface area contributed by atoms with Crippen LogP contribution >= 0.6 is 27.7 Å². The van der Waals surface area contributed by atoms with Crippen molar-refractivity contribution >= 4 is 33.7 Å². The third kappa shape index (κ3) is 5.15. The molecule has 27 heavy (non-hydrogen) atoms. The van der Waals surface area contributed by atoms with E-state index < -0.39 is 5.97 Å². The van der Waals surface area contributed by atoms with Crippen molar-refractivity contribution in [3.05, 3.63) is 75.1 Å². The Morgan fingerprint density at radius 1 is 1.30 bits per heavy atom. The Hall–Kier alpha value is -1.76. The smallest absolute Gasteiger partial charge is 0.341 e. The van der Waals surface area contributed by atoms with E-state index >= 15 is 0 Å². The molecule has 1 aliphatic heterocycles. The van der Waals surface area contributed by atoms with Gasteiger partial charge in [0.2, 0.25) is 0 Å². The largest absolute Gasteiger partial charge is 0.489 e. The van der Waals surface area contributed by atoms with Crippen LogP contribution in [0.1, 0.15) is 30.9 Å². The lowest BCUT2D eigenvalue weighted by atomic mass is 10.1. The highest BCUT2D eigenvalue weighted by atomic mass is 79.9. The number of aliphatic carboxylic acids is 1. The Morgan fingerprint density at radius 3 is 2.74 bits per heavy atom. The van der Waals surface area contributed by atoms with Gasteiger partial charge in [-0.25, -0.2) is 4.79 Å². The van der Waals surface area contributed by atoms with E-state index in [0.29, 0.717) is 24.5 Å². The van der Waals surface area contributed by atoms with Crippen LogP contribution in [0.3, 0.4) is 0 Å². The molecule has 1 heterocycles. The molecule has 0 amide bonds. The Kier molecular flexibility index (Phi) is 6.63. The molecule has 0 aliphatic carbocycles. The zero-order chi connectivity index (χ0) is 19.3. The van der Waals surface area contributed by atoms with E-state index in [4.69, 9.17) is 4.74 Å². The summed E-state index contributed by atoms with van der Waals surface area (Å²) in [7, 11) is 0.